The van der Waals surface area contributed by atoms with Crippen LogP contribution in [0.3, 0.4) is 0 Å². The maximum atomic E-state index is 13.5. The molecule has 2 aliphatic heterocycles. The second kappa shape index (κ2) is 8.10. The van der Waals surface area contributed by atoms with Crippen molar-refractivity contribution in [3.63, 3.8) is 0 Å². The molecule has 5 rings (SSSR count). The number of aromatic amines is 1. The molecule has 1 N–H and O–H groups in total. The van der Waals surface area contributed by atoms with E-state index in [0.29, 0.717) is 43.9 Å². The Labute approximate surface area is 190 Å². The number of fused-ring (bicyclic) bond motifs is 1. The van der Waals surface area contributed by atoms with Gasteiger partial charge in [-0.05, 0) is 49.6 Å². The Kier molecular flexibility index (Phi) is 5.23. The highest BCUT2D eigenvalue weighted by Crippen LogP contribution is 2.51. The highest BCUT2D eigenvalue weighted by Gasteiger charge is 2.60. The first kappa shape index (κ1) is 21.3. The van der Waals surface area contributed by atoms with Gasteiger partial charge in [-0.15, -0.1) is 0 Å². The molecule has 2 aromatic carbocycles. The van der Waals surface area contributed by atoms with Gasteiger partial charge in [0.05, 0.1) is 28.8 Å². The number of hydrogen-bond donors (Lipinski definition) is 1. The molecular formula is C25H25FN4O3. The molecule has 7 nitrogen and oxygen atoms in total. The van der Waals surface area contributed by atoms with Crippen molar-refractivity contribution < 1.29 is 18.8 Å². The molecule has 3 aromatic rings. The highest BCUT2D eigenvalue weighted by atomic mass is 19.1. The van der Waals surface area contributed by atoms with Gasteiger partial charge < -0.3 is 9.88 Å². The Hall–Kier alpha value is -3.55. The van der Waals surface area contributed by atoms with E-state index in [1.165, 1.54) is 17.0 Å². The van der Waals surface area contributed by atoms with Crippen LogP contribution in [0.25, 0.3) is 11.0 Å². The average Bonchev–Trinajstić information content (AvgIpc) is 3.31. The summed E-state index contributed by atoms with van der Waals surface area (Å²) in [6.07, 6.45) is 0.932. The monoisotopic (exact) mass is 448 g/mol. The minimum absolute atomic E-state index is 0.0636. The number of nitrogens with zero attached hydrogens (tertiary/aromatic N) is 3. The maximum Gasteiger partial charge on any atom is 0.237 e. The standard InChI is InChI=1S/C25H25FN4O3/c1-2-30-23(32)22(16-7-9-17(26)10-8-16)25(24(30)33)11-13-29(14-12-25)21(31)15-20-27-18-5-3-4-6-19(18)28-20/h3-10,22H,2,11-15H2,1H3,(H,27,28). The van der Waals surface area contributed by atoms with E-state index in [2.05, 4.69) is 9.97 Å². The Morgan fingerprint density at radius 3 is 2.48 bits per heavy atom. The van der Waals surface area contributed by atoms with E-state index in [4.69, 9.17) is 0 Å². The van der Waals surface area contributed by atoms with Crippen LogP contribution in [0.2, 0.25) is 0 Å². The van der Waals surface area contributed by atoms with Crippen molar-refractivity contribution in [2.24, 2.45) is 5.41 Å². The normalized spacial score (nSPS) is 20.2. The number of carbonyl (C=O) groups is 3. The van der Waals surface area contributed by atoms with Crippen LogP contribution in [0.1, 0.15) is 37.1 Å². The van der Waals surface area contributed by atoms with Gasteiger partial charge in [0.2, 0.25) is 17.7 Å². The molecule has 3 heterocycles. The summed E-state index contributed by atoms with van der Waals surface area (Å²) >= 11 is 0. The number of imidazole rings is 1. The first-order valence-electron chi connectivity index (χ1n) is 11.3. The summed E-state index contributed by atoms with van der Waals surface area (Å²) < 4.78 is 13.5. The molecular weight excluding hydrogens is 423 g/mol. The van der Waals surface area contributed by atoms with Gasteiger partial charge in [0.15, 0.2) is 0 Å². The molecule has 8 heteroatoms. The highest BCUT2D eigenvalue weighted by molar-refractivity contribution is 6.10. The van der Waals surface area contributed by atoms with Crippen LogP contribution < -0.4 is 0 Å². The van der Waals surface area contributed by atoms with Gasteiger partial charge in [-0.2, -0.15) is 0 Å². The first-order chi connectivity index (χ1) is 15.9. The van der Waals surface area contributed by atoms with Crippen LogP contribution in [0, 0.1) is 11.2 Å². The van der Waals surface area contributed by atoms with Gasteiger partial charge in [-0.25, -0.2) is 9.37 Å². The molecule has 0 aliphatic carbocycles. The van der Waals surface area contributed by atoms with E-state index in [-0.39, 0.29) is 30.0 Å². The van der Waals surface area contributed by atoms with E-state index in [1.54, 1.807) is 24.0 Å². The van der Waals surface area contributed by atoms with Crippen molar-refractivity contribution in [3.8, 4) is 0 Å². The van der Waals surface area contributed by atoms with E-state index in [0.717, 1.165) is 11.0 Å². The van der Waals surface area contributed by atoms with Crippen molar-refractivity contribution in [2.75, 3.05) is 19.6 Å². The SMILES string of the molecule is CCN1C(=O)C(c2ccc(F)cc2)C2(CCN(C(=O)Cc3nc4ccccc4[nH]3)CC2)C1=O. The number of halogens is 1. The van der Waals surface area contributed by atoms with Gasteiger partial charge in [0, 0.05) is 19.6 Å². The minimum Gasteiger partial charge on any atom is -0.342 e. The molecule has 1 atom stereocenters. The lowest BCUT2D eigenvalue weighted by atomic mass is 9.67. The first-order valence-corrected chi connectivity index (χ1v) is 11.3. The zero-order chi connectivity index (χ0) is 23.2. The van der Waals surface area contributed by atoms with Crippen molar-refractivity contribution in [1.82, 2.24) is 19.8 Å². The van der Waals surface area contributed by atoms with Gasteiger partial charge in [0.1, 0.15) is 11.6 Å². The van der Waals surface area contributed by atoms with Gasteiger partial charge >= 0.3 is 0 Å². The largest absolute Gasteiger partial charge is 0.342 e. The topological polar surface area (TPSA) is 86.4 Å². The van der Waals surface area contributed by atoms with E-state index in [1.807, 2.05) is 24.3 Å². The van der Waals surface area contributed by atoms with Crippen molar-refractivity contribution in [2.45, 2.75) is 32.1 Å². The fourth-order valence-electron chi connectivity index (χ4n) is 5.30. The molecule has 3 amide bonds. The average molecular weight is 448 g/mol. The zero-order valence-electron chi connectivity index (χ0n) is 18.4. The summed E-state index contributed by atoms with van der Waals surface area (Å²) in [6.45, 7) is 2.84. The van der Waals surface area contributed by atoms with Crippen LogP contribution in [-0.4, -0.2) is 57.1 Å². The summed E-state index contributed by atoms with van der Waals surface area (Å²) in [4.78, 5) is 50.2. The lowest BCUT2D eigenvalue weighted by molar-refractivity contribution is -0.144. The van der Waals surface area contributed by atoms with Crippen LogP contribution in [-0.2, 0) is 20.8 Å². The van der Waals surface area contributed by atoms with Gasteiger partial charge in [-0.3, -0.25) is 19.3 Å². The third kappa shape index (κ3) is 3.50. The number of nitrogens with one attached hydrogen (secondary N) is 1. The summed E-state index contributed by atoms with van der Waals surface area (Å²) in [5.41, 5.74) is 1.44. The maximum absolute atomic E-state index is 13.5. The van der Waals surface area contributed by atoms with E-state index >= 15 is 0 Å². The number of hydrogen-bond acceptors (Lipinski definition) is 4. The number of rotatable bonds is 4. The molecule has 1 spiro atoms. The molecule has 1 aromatic heterocycles. The summed E-state index contributed by atoms with van der Waals surface area (Å²) in [6, 6.07) is 13.4. The number of aromatic nitrogens is 2. The third-order valence-corrected chi connectivity index (χ3v) is 7.02. The number of amides is 3. The number of para-hydroxylation sites is 2. The zero-order valence-corrected chi connectivity index (χ0v) is 18.4. The van der Waals surface area contributed by atoms with Crippen LogP contribution in [0.5, 0.6) is 0 Å². The molecule has 1 unspecified atom stereocenters. The Morgan fingerprint density at radius 2 is 1.82 bits per heavy atom. The van der Waals surface area contributed by atoms with Crippen LogP contribution in [0.15, 0.2) is 48.5 Å². The number of likely N-dealkylation sites (tertiary alicyclic amines) is 2. The molecule has 0 saturated carbocycles. The molecule has 0 bridgehead atoms. The van der Waals surface area contributed by atoms with Crippen molar-refractivity contribution >= 4 is 28.8 Å². The fraction of sp³-hybridized carbons (Fsp3) is 0.360. The third-order valence-electron chi connectivity index (χ3n) is 7.02. The molecule has 2 aliphatic rings. The molecule has 0 radical (unpaired) electrons. The Balaban J connectivity index is 1.35. The quantitative estimate of drug-likeness (QED) is 0.622. The molecule has 2 fully saturated rings. The van der Waals surface area contributed by atoms with Crippen LogP contribution in [0.4, 0.5) is 4.39 Å². The fourth-order valence-corrected chi connectivity index (χ4v) is 5.30. The molecule has 2 saturated heterocycles. The van der Waals surface area contributed by atoms with Crippen LogP contribution >= 0.6 is 0 Å². The van der Waals surface area contributed by atoms with Crippen molar-refractivity contribution in [1.29, 1.82) is 0 Å². The second-order valence-corrected chi connectivity index (χ2v) is 8.79. The number of carbonyl (C=O) groups excluding carboxylic acids is 3. The second-order valence-electron chi connectivity index (χ2n) is 8.79. The predicted octanol–water partition coefficient (Wildman–Crippen LogP) is 3.03. The Morgan fingerprint density at radius 1 is 1.12 bits per heavy atom. The molecule has 170 valence electrons. The number of likely N-dealkylation sites (N-methyl/N-ethyl adjacent to an activating group) is 1. The predicted molar refractivity (Wildman–Crippen MR) is 120 cm³/mol. The van der Waals surface area contributed by atoms with E-state index in [9.17, 15) is 18.8 Å². The smallest absolute Gasteiger partial charge is 0.237 e. The number of imide groups is 1. The number of piperidine rings is 1. The lowest BCUT2D eigenvalue weighted by Gasteiger charge is -2.40. The molecule has 33 heavy (non-hydrogen) atoms. The van der Waals surface area contributed by atoms with Crippen molar-refractivity contribution in [3.05, 3.63) is 65.7 Å². The summed E-state index contributed by atoms with van der Waals surface area (Å²) in [7, 11) is 0. The van der Waals surface area contributed by atoms with Gasteiger partial charge in [-0.1, -0.05) is 24.3 Å². The summed E-state index contributed by atoms with van der Waals surface area (Å²) in [5, 5.41) is 0. The van der Waals surface area contributed by atoms with Gasteiger partial charge in [0.25, 0.3) is 0 Å². The number of H-pyrrole nitrogens is 1. The lowest BCUT2D eigenvalue weighted by Crippen LogP contribution is -2.48. The number of benzene rings is 2. The van der Waals surface area contributed by atoms with E-state index < -0.39 is 11.3 Å². The minimum atomic E-state index is -0.902. The summed E-state index contributed by atoms with van der Waals surface area (Å²) in [5.74, 6) is -0.924. The Bertz CT molecular complexity index is 1190.